The van der Waals surface area contributed by atoms with Crippen LogP contribution in [0.3, 0.4) is 0 Å². The molecule has 2 rings (SSSR count). The number of aliphatic carboxylic acids is 1. The molecule has 5 atom stereocenters. The van der Waals surface area contributed by atoms with Crippen LogP contribution in [0, 0.1) is 17.8 Å². The zero-order chi connectivity index (χ0) is 18.2. The van der Waals surface area contributed by atoms with Crippen LogP contribution in [0.2, 0.25) is 0 Å². The number of carboxylic acid groups (broad SMARTS) is 1. The molecule has 0 heterocycles. The van der Waals surface area contributed by atoms with Crippen LogP contribution >= 0.6 is 0 Å². The summed E-state index contributed by atoms with van der Waals surface area (Å²) in [5, 5.41) is 33.1. The molecular weight excluding hydrogens is 322 g/mol. The summed E-state index contributed by atoms with van der Waals surface area (Å²) in [6.45, 7) is 2.27. The number of aliphatic hydroxyl groups is 2. The Labute approximate surface area is 150 Å². The van der Waals surface area contributed by atoms with Gasteiger partial charge in [-0.2, -0.15) is 0 Å². The maximum atomic E-state index is 10.4. The second-order valence-electron chi connectivity index (χ2n) is 7.58. The molecule has 144 valence electrons. The van der Waals surface area contributed by atoms with Crippen LogP contribution in [0.1, 0.15) is 71.1 Å². The Kier molecular flexibility index (Phi) is 8.16. The Morgan fingerprint density at radius 2 is 2.12 bits per heavy atom. The molecule has 0 radical (unpaired) electrons. The van der Waals surface area contributed by atoms with Crippen LogP contribution in [0.25, 0.3) is 0 Å². The van der Waals surface area contributed by atoms with Crippen molar-refractivity contribution in [2.75, 3.05) is 6.61 Å². The van der Waals surface area contributed by atoms with Gasteiger partial charge < -0.3 is 20.2 Å². The van der Waals surface area contributed by atoms with Gasteiger partial charge in [-0.25, -0.2) is 0 Å². The lowest BCUT2D eigenvalue weighted by molar-refractivity contribution is -0.138. The first-order chi connectivity index (χ1) is 12.0. The van der Waals surface area contributed by atoms with Gasteiger partial charge in [0.25, 0.3) is 0 Å². The van der Waals surface area contributed by atoms with Crippen LogP contribution in [0.15, 0.2) is 5.16 Å². The van der Waals surface area contributed by atoms with E-state index in [1.54, 1.807) is 0 Å². The summed E-state index contributed by atoms with van der Waals surface area (Å²) in [4.78, 5) is 15.5. The Morgan fingerprint density at radius 3 is 2.84 bits per heavy atom. The smallest absolute Gasteiger partial charge is 0.306 e. The predicted molar refractivity (Wildman–Crippen MR) is 95.4 cm³/mol. The molecular formula is C19H33NO5. The number of oxime groups is 1. The molecule has 6 nitrogen and oxygen atoms in total. The van der Waals surface area contributed by atoms with Gasteiger partial charge in [-0.1, -0.05) is 37.8 Å². The molecule has 6 heteroatoms. The highest BCUT2D eigenvalue weighted by atomic mass is 16.6. The van der Waals surface area contributed by atoms with Crippen LogP contribution < -0.4 is 0 Å². The van der Waals surface area contributed by atoms with Crippen LogP contribution in [0.4, 0.5) is 0 Å². The zero-order valence-corrected chi connectivity index (χ0v) is 15.3. The van der Waals surface area contributed by atoms with E-state index in [0.717, 1.165) is 37.8 Å². The highest BCUT2D eigenvalue weighted by Gasteiger charge is 2.51. The minimum atomic E-state index is -0.892. The largest absolute Gasteiger partial charge is 0.481 e. The molecule has 2 saturated carbocycles. The summed E-state index contributed by atoms with van der Waals surface area (Å²) >= 11 is 0. The highest BCUT2D eigenvalue weighted by Crippen LogP contribution is 2.50. The first-order valence-electron chi connectivity index (χ1n) is 9.79. The number of aliphatic hydroxyl groups excluding tert-OH is 2. The second kappa shape index (κ2) is 10.1. The number of hydrogen-bond acceptors (Lipinski definition) is 5. The molecule has 0 spiro atoms. The van der Waals surface area contributed by atoms with Crippen molar-refractivity contribution in [1.82, 2.24) is 0 Å². The van der Waals surface area contributed by atoms with E-state index in [1.807, 2.05) is 0 Å². The molecule has 25 heavy (non-hydrogen) atoms. The fourth-order valence-corrected chi connectivity index (χ4v) is 4.21. The van der Waals surface area contributed by atoms with Gasteiger partial charge >= 0.3 is 5.97 Å². The number of nitrogens with zero attached hydrogens (tertiary/aromatic N) is 1. The summed E-state index contributed by atoms with van der Waals surface area (Å²) in [6, 6.07) is 0. The topological polar surface area (TPSA) is 99.4 Å². The monoisotopic (exact) mass is 355 g/mol. The van der Waals surface area contributed by atoms with E-state index in [1.165, 1.54) is 19.3 Å². The molecule has 0 aromatic carbocycles. The van der Waals surface area contributed by atoms with Crippen molar-refractivity contribution in [3.63, 3.8) is 0 Å². The summed E-state index contributed by atoms with van der Waals surface area (Å²) in [7, 11) is 0. The molecule has 0 saturated heterocycles. The Morgan fingerprint density at radius 1 is 1.32 bits per heavy atom. The van der Waals surface area contributed by atoms with Crippen molar-refractivity contribution in [3.8, 4) is 0 Å². The number of carboxylic acids is 1. The van der Waals surface area contributed by atoms with E-state index < -0.39 is 5.97 Å². The number of unbranched alkanes of at least 4 members (excludes halogenated alkanes) is 3. The van der Waals surface area contributed by atoms with Crippen molar-refractivity contribution in [3.05, 3.63) is 0 Å². The summed E-state index contributed by atoms with van der Waals surface area (Å²) in [5.41, 5.74) is 0.956. The minimum Gasteiger partial charge on any atom is -0.481 e. The average Bonchev–Trinajstić information content (AvgIpc) is 2.80. The van der Waals surface area contributed by atoms with E-state index in [2.05, 4.69) is 12.1 Å². The lowest BCUT2D eigenvalue weighted by Crippen LogP contribution is -2.37. The minimum absolute atomic E-state index is 0.0493. The standard InChI is InChI=1S/C19H33NO5/c1-2-3-4-5-6-13(21)7-8-14-15-11-17(16(15)12-18(14)22)20-25-10-9-19(23)24/h13-16,18,21-22H,2-12H2,1H3,(H,23,24). The quantitative estimate of drug-likeness (QED) is 0.369. The van der Waals surface area contributed by atoms with Crippen molar-refractivity contribution in [1.29, 1.82) is 0 Å². The van der Waals surface area contributed by atoms with Gasteiger partial charge in [0.05, 0.1) is 24.3 Å². The normalized spacial score (nSPS) is 30.8. The first kappa shape index (κ1) is 20.2. The van der Waals surface area contributed by atoms with Crippen molar-refractivity contribution in [2.24, 2.45) is 22.9 Å². The van der Waals surface area contributed by atoms with Crippen LogP contribution in [0.5, 0.6) is 0 Å². The fraction of sp³-hybridized carbons (Fsp3) is 0.895. The molecule has 2 aliphatic rings. The second-order valence-corrected chi connectivity index (χ2v) is 7.58. The Bertz CT molecular complexity index is 453. The van der Waals surface area contributed by atoms with Gasteiger partial charge in [-0.15, -0.1) is 0 Å². The zero-order valence-electron chi connectivity index (χ0n) is 15.3. The van der Waals surface area contributed by atoms with E-state index in [-0.39, 0.29) is 37.1 Å². The van der Waals surface area contributed by atoms with Crippen molar-refractivity contribution >= 4 is 11.7 Å². The molecule has 0 aromatic heterocycles. The predicted octanol–water partition coefficient (Wildman–Crippen LogP) is 2.96. The third kappa shape index (κ3) is 5.96. The molecule has 2 aliphatic carbocycles. The first-order valence-corrected chi connectivity index (χ1v) is 9.79. The lowest BCUT2D eigenvalue weighted by atomic mass is 9.70. The third-order valence-corrected chi connectivity index (χ3v) is 5.74. The molecule has 2 fully saturated rings. The number of hydrogen-bond donors (Lipinski definition) is 3. The van der Waals surface area contributed by atoms with Crippen LogP contribution in [-0.4, -0.2) is 45.8 Å². The molecule has 0 aromatic rings. The summed E-state index contributed by atoms with van der Waals surface area (Å²) < 4.78 is 0. The average molecular weight is 355 g/mol. The van der Waals surface area contributed by atoms with Crippen molar-refractivity contribution < 1.29 is 25.0 Å². The Hall–Kier alpha value is -1.14. The molecule has 5 unspecified atom stereocenters. The number of carbonyl (C=O) groups is 1. The highest BCUT2D eigenvalue weighted by molar-refractivity contribution is 5.93. The third-order valence-electron chi connectivity index (χ3n) is 5.74. The molecule has 0 aliphatic heterocycles. The van der Waals surface area contributed by atoms with Crippen LogP contribution in [-0.2, 0) is 9.63 Å². The number of fused-ring (bicyclic) bond motifs is 1. The SMILES string of the molecule is CCCCCCC(O)CCC1C(O)CC2C(=NOCCC(=O)O)CC21. The van der Waals surface area contributed by atoms with Gasteiger partial charge in [0.1, 0.15) is 6.61 Å². The lowest BCUT2D eigenvalue weighted by Gasteiger charge is -2.35. The maximum Gasteiger partial charge on any atom is 0.306 e. The van der Waals surface area contributed by atoms with Gasteiger partial charge in [0.15, 0.2) is 0 Å². The molecule has 0 bridgehead atoms. The van der Waals surface area contributed by atoms with E-state index in [0.29, 0.717) is 12.3 Å². The van der Waals surface area contributed by atoms with E-state index in [4.69, 9.17) is 9.94 Å². The summed E-state index contributed by atoms with van der Waals surface area (Å²) in [6.07, 6.45) is 8.10. The van der Waals surface area contributed by atoms with Gasteiger partial charge in [0, 0.05) is 5.92 Å². The molecule has 0 amide bonds. The van der Waals surface area contributed by atoms with E-state index in [9.17, 15) is 15.0 Å². The summed E-state index contributed by atoms with van der Waals surface area (Å²) in [5.74, 6) is 0.0557. The maximum absolute atomic E-state index is 10.4. The molecule has 3 N–H and O–H groups in total. The fourth-order valence-electron chi connectivity index (χ4n) is 4.21. The van der Waals surface area contributed by atoms with Crippen molar-refractivity contribution in [2.45, 2.75) is 83.3 Å². The van der Waals surface area contributed by atoms with Gasteiger partial charge in [0.2, 0.25) is 0 Å². The van der Waals surface area contributed by atoms with E-state index >= 15 is 0 Å². The van der Waals surface area contributed by atoms with Gasteiger partial charge in [-0.3, -0.25) is 4.79 Å². The van der Waals surface area contributed by atoms with Gasteiger partial charge in [-0.05, 0) is 43.9 Å². The number of rotatable bonds is 12. The Balaban J connectivity index is 1.67.